The standard InChI is InChI=1S/C85H166O17P2/c1-7-9-11-13-15-17-19-21-22-23-24-25-29-32-35-39-42-49-55-61-67-82(87)95-73-80(101-85(90)70-64-58-52-44-40-36-33-30-27-26-28-31-34-37-41-47-53-59-65-77(3)4)75-99-103(91,92)97-71-79(86)72-98-104(93,94)100-76-81(74-96-83(88)68-62-56-50-46-45-48-54-60-66-78(5)6)102-84(89)69-63-57-51-43-38-20-18-16-14-12-10-8-2/h77-81,86H,7-76H2,1-6H3,(H,91,92)(H,93,94)/t79-,80-,81-/m1/s1. The Morgan fingerprint density at radius 2 is 0.442 bits per heavy atom. The summed E-state index contributed by atoms with van der Waals surface area (Å²) in [5.41, 5.74) is 0. The maximum atomic E-state index is 13.1. The number of phosphoric acid groups is 2. The average Bonchev–Trinajstić information content (AvgIpc) is 0.948. The second-order valence-electron chi connectivity index (χ2n) is 31.5. The molecule has 0 aromatic rings. The number of carbonyl (C=O) groups excluding carboxylic acids is 4. The van der Waals surface area contributed by atoms with Crippen molar-refractivity contribution >= 4 is 39.5 Å². The molecule has 0 saturated carbocycles. The summed E-state index contributed by atoms with van der Waals surface area (Å²) >= 11 is 0. The van der Waals surface area contributed by atoms with E-state index in [9.17, 15) is 43.2 Å². The van der Waals surface area contributed by atoms with Crippen molar-refractivity contribution in [2.45, 2.75) is 471 Å². The van der Waals surface area contributed by atoms with E-state index in [0.29, 0.717) is 25.7 Å². The van der Waals surface area contributed by atoms with Crippen LogP contribution in [0.1, 0.15) is 452 Å². The molecular formula is C85H166O17P2. The van der Waals surface area contributed by atoms with E-state index in [-0.39, 0.29) is 25.7 Å². The Morgan fingerprint density at radius 1 is 0.260 bits per heavy atom. The molecule has 0 spiro atoms. The zero-order valence-electron chi connectivity index (χ0n) is 68.3. The summed E-state index contributed by atoms with van der Waals surface area (Å²) in [5.74, 6) is -0.557. The smallest absolute Gasteiger partial charge is 0.462 e. The highest BCUT2D eigenvalue weighted by Crippen LogP contribution is 2.45. The Morgan fingerprint density at radius 3 is 0.654 bits per heavy atom. The van der Waals surface area contributed by atoms with E-state index in [1.165, 1.54) is 270 Å². The second kappa shape index (κ2) is 76.4. The first kappa shape index (κ1) is 102. The number of aliphatic hydroxyl groups is 1. The number of rotatable bonds is 84. The van der Waals surface area contributed by atoms with Gasteiger partial charge in [0.1, 0.15) is 19.3 Å². The molecule has 618 valence electrons. The Hall–Kier alpha value is -1.94. The zero-order valence-corrected chi connectivity index (χ0v) is 70.1. The number of phosphoric ester groups is 2. The molecular weight excluding hydrogens is 1350 g/mol. The van der Waals surface area contributed by atoms with E-state index in [0.717, 1.165) is 102 Å². The zero-order chi connectivity index (χ0) is 76.4. The summed E-state index contributed by atoms with van der Waals surface area (Å²) in [6.07, 6.45) is 68.2. The van der Waals surface area contributed by atoms with Crippen LogP contribution in [0.2, 0.25) is 0 Å². The predicted octanol–water partition coefficient (Wildman–Crippen LogP) is 25.8. The summed E-state index contributed by atoms with van der Waals surface area (Å²) in [6, 6.07) is 0. The van der Waals surface area contributed by atoms with E-state index in [1.54, 1.807) is 0 Å². The van der Waals surface area contributed by atoms with Gasteiger partial charge in [-0.05, 0) is 37.5 Å². The molecule has 2 unspecified atom stereocenters. The van der Waals surface area contributed by atoms with Crippen LogP contribution in [-0.4, -0.2) is 96.7 Å². The van der Waals surface area contributed by atoms with Crippen molar-refractivity contribution in [3.63, 3.8) is 0 Å². The van der Waals surface area contributed by atoms with Crippen molar-refractivity contribution in [1.82, 2.24) is 0 Å². The number of esters is 4. The fourth-order valence-corrected chi connectivity index (χ4v) is 14.8. The molecule has 0 aromatic carbocycles. The molecule has 5 atom stereocenters. The van der Waals surface area contributed by atoms with Gasteiger partial charge in [-0.3, -0.25) is 37.3 Å². The first-order valence-electron chi connectivity index (χ1n) is 44.0. The van der Waals surface area contributed by atoms with Gasteiger partial charge >= 0.3 is 39.5 Å². The van der Waals surface area contributed by atoms with Crippen molar-refractivity contribution in [2.24, 2.45) is 11.8 Å². The van der Waals surface area contributed by atoms with Crippen LogP contribution in [-0.2, 0) is 65.4 Å². The van der Waals surface area contributed by atoms with E-state index in [4.69, 9.17) is 37.0 Å². The lowest BCUT2D eigenvalue weighted by molar-refractivity contribution is -0.161. The van der Waals surface area contributed by atoms with Crippen molar-refractivity contribution in [3.05, 3.63) is 0 Å². The number of unbranched alkanes of at least 4 members (excludes halogenated alkanes) is 54. The largest absolute Gasteiger partial charge is 0.472 e. The monoisotopic (exact) mass is 1520 g/mol. The number of hydrogen-bond acceptors (Lipinski definition) is 15. The highest BCUT2D eigenvalue weighted by atomic mass is 31.2. The number of hydrogen-bond donors (Lipinski definition) is 3. The quantitative estimate of drug-likeness (QED) is 0.0222. The van der Waals surface area contributed by atoms with E-state index >= 15 is 0 Å². The normalized spacial score (nSPS) is 13.8. The molecule has 3 N–H and O–H groups in total. The third-order valence-electron chi connectivity index (χ3n) is 20.0. The van der Waals surface area contributed by atoms with Gasteiger partial charge in [-0.1, -0.05) is 401 Å². The lowest BCUT2D eigenvalue weighted by atomic mass is 10.0. The van der Waals surface area contributed by atoms with Gasteiger partial charge in [-0.2, -0.15) is 0 Å². The van der Waals surface area contributed by atoms with E-state index in [2.05, 4.69) is 41.5 Å². The van der Waals surface area contributed by atoms with Gasteiger partial charge in [0.15, 0.2) is 12.2 Å². The highest BCUT2D eigenvalue weighted by Gasteiger charge is 2.30. The van der Waals surface area contributed by atoms with Crippen LogP contribution < -0.4 is 0 Å². The molecule has 0 amide bonds. The molecule has 0 fully saturated rings. The molecule has 0 aliphatic heterocycles. The lowest BCUT2D eigenvalue weighted by Crippen LogP contribution is -2.30. The maximum absolute atomic E-state index is 13.1. The SMILES string of the molecule is CCCCCCCCCCCCCCCCCCCCCCC(=O)OC[C@H](COP(=O)(O)OC[C@@H](O)COP(=O)(O)OC[C@@H](COC(=O)CCCCCCCCCCC(C)C)OC(=O)CCCCCCCCCCCCCC)OC(=O)CCCCCCCCCCCCCCCCCCCCC(C)C. The lowest BCUT2D eigenvalue weighted by Gasteiger charge is -2.21. The molecule has 0 saturated heterocycles. The first-order chi connectivity index (χ1) is 50.4. The minimum absolute atomic E-state index is 0.107. The van der Waals surface area contributed by atoms with Crippen LogP contribution in [0.25, 0.3) is 0 Å². The summed E-state index contributed by atoms with van der Waals surface area (Å²) in [6.45, 7) is 9.66. The van der Waals surface area contributed by atoms with Crippen LogP contribution >= 0.6 is 15.6 Å². The van der Waals surface area contributed by atoms with Gasteiger partial charge < -0.3 is 33.8 Å². The second-order valence-corrected chi connectivity index (χ2v) is 34.4. The molecule has 19 heteroatoms. The van der Waals surface area contributed by atoms with E-state index in [1.807, 2.05) is 0 Å². The van der Waals surface area contributed by atoms with Crippen LogP contribution in [0.5, 0.6) is 0 Å². The Bertz CT molecular complexity index is 1990. The van der Waals surface area contributed by atoms with Crippen LogP contribution in [0.15, 0.2) is 0 Å². The van der Waals surface area contributed by atoms with Gasteiger partial charge in [0, 0.05) is 25.7 Å². The molecule has 104 heavy (non-hydrogen) atoms. The molecule has 0 radical (unpaired) electrons. The predicted molar refractivity (Wildman–Crippen MR) is 428 cm³/mol. The Labute approximate surface area is 638 Å². The van der Waals surface area contributed by atoms with Gasteiger partial charge in [0.05, 0.1) is 26.4 Å². The third-order valence-corrected chi connectivity index (χ3v) is 21.9. The van der Waals surface area contributed by atoms with Crippen LogP contribution in [0, 0.1) is 11.8 Å². The average molecular weight is 1520 g/mol. The minimum Gasteiger partial charge on any atom is -0.462 e. The first-order valence-corrected chi connectivity index (χ1v) is 47.0. The summed E-state index contributed by atoms with van der Waals surface area (Å²) in [4.78, 5) is 73.1. The Kier molecular flexibility index (Phi) is 75.0. The van der Waals surface area contributed by atoms with E-state index < -0.39 is 97.5 Å². The van der Waals surface area contributed by atoms with Crippen LogP contribution in [0.3, 0.4) is 0 Å². The summed E-state index contributed by atoms with van der Waals surface area (Å²) in [7, 11) is -9.92. The van der Waals surface area contributed by atoms with Crippen molar-refractivity contribution in [3.8, 4) is 0 Å². The minimum atomic E-state index is -4.97. The number of ether oxygens (including phenoxy) is 4. The molecule has 0 bridgehead atoms. The summed E-state index contributed by atoms with van der Waals surface area (Å²) < 4.78 is 68.8. The fourth-order valence-electron chi connectivity index (χ4n) is 13.2. The topological polar surface area (TPSA) is 237 Å². The molecule has 0 aliphatic carbocycles. The van der Waals surface area contributed by atoms with Gasteiger partial charge in [0.2, 0.25) is 0 Å². The molecule has 0 heterocycles. The maximum Gasteiger partial charge on any atom is 0.472 e. The number of aliphatic hydroxyl groups excluding tert-OH is 1. The van der Waals surface area contributed by atoms with Crippen molar-refractivity contribution in [2.75, 3.05) is 39.6 Å². The van der Waals surface area contributed by atoms with Gasteiger partial charge in [-0.25, -0.2) is 9.13 Å². The Balaban J connectivity index is 5.21. The number of carbonyl (C=O) groups is 4. The summed E-state index contributed by atoms with van der Waals surface area (Å²) in [5, 5.41) is 10.7. The molecule has 17 nitrogen and oxygen atoms in total. The van der Waals surface area contributed by atoms with Crippen LogP contribution in [0.4, 0.5) is 0 Å². The van der Waals surface area contributed by atoms with Gasteiger partial charge in [0.25, 0.3) is 0 Å². The fraction of sp³-hybridized carbons (Fsp3) is 0.953. The highest BCUT2D eigenvalue weighted by molar-refractivity contribution is 7.47. The van der Waals surface area contributed by atoms with Crippen molar-refractivity contribution < 1.29 is 80.2 Å². The van der Waals surface area contributed by atoms with Crippen molar-refractivity contribution in [1.29, 1.82) is 0 Å². The molecule has 0 rings (SSSR count). The molecule has 0 aliphatic rings. The molecule has 0 aromatic heterocycles. The van der Waals surface area contributed by atoms with Gasteiger partial charge in [-0.15, -0.1) is 0 Å². The third kappa shape index (κ3) is 78.2.